The largest absolute Gasteiger partial charge is 0.308 e. The maximum atomic E-state index is 4.41. The molecule has 0 aliphatic heterocycles. The van der Waals surface area contributed by atoms with Crippen LogP contribution < -0.4 is 5.32 Å². The number of nitrogens with one attached hydrogen (secondary N) is 1. The Kier molecular flexibility index (Phi) is 3.78. The minimum atomic E-state index is 0.371. The first-order valence-electron chi connectivity index (χ1n) is 6.85. The van der Waals surface area contributed by atoms with E-state index < -0.39 is 0 Å². The third kappa shape index (κ3) is 2.45. The van der Waals surface area contributed by atoms with E-state index in [9.17, 15) is 0 Å². The van der Waals surface area contributed by atoms with Gasteiger partial charge in [-0.25, -0.2) is 0 Å². The van der Waals surface area contributed by atoms with Gasteiger partial charge in [-0.1, -0.05) is 0 Å². The van der Waals surface area contributed by atoms with Gasteiger partial charge in [-0.2, -0.15) is 5.10 Å². The summed E-state index contributed by atoms with van der Waals surface area (Å²) in [7, 11) is 6.37. The molecule has 18 heavy (non-hydrogen) atoms. The van der Waals surface area contributed by atoms with Crippen LogP contribution in [0.25, 0.3) is 0 Å². The van der Waals surface area contributed by atoms with Crippen molar-refractivity contribution in [3.8, 4) is 0 Å². The predicted octanol–water partition coefficient (Wildman–Crippen LogP) is 1.86. The molecule has 4 heteroatoms. The molecule has 1 aromatic heterocycles. The molecule has 0 saturated heterocycles. The summed E-state index contributed by atoms with van der Waals surface area (Å²) in [5.74, 6) is 0. The number of aromatic nitrogens is 2. The molecule has 0 aromatic carbocycles. The van der Waals surface area contributed by atoms with Crippen molar-refractivity contribution in [3.05, 3.63) is 17.5 Å². The highest BCUT2D eigenvalue weighted by atomic mass is 15.3. The molecule has 1 unspecified atom stereocenters. The van der Waals surface area contributed by atoms with Gasteiger partial charge in [-0.3, -0.25) is 4.68 Å². The molecule has 1 aromatic rings. The second-order valence-corrected chi connectivity index (χ2v) is 5.92. The number of rotatable bonds is 5. The van der Waals surface area contributed by atoms with E-state index >= 15 is 0 Å². The van der Waals surface area contributed by atoms with Crippen LogP contribution in [-0.4, -0.2) is 40.9 Å². The fraction of sp³-hybridized carbons (Fsp3) is 0.786. The van der Waals surface area contributed by atoms with Crippen molar-refractivity contribution >= 4 is 0 Å². The second-order valence-electron chi connectivity index (χ2n) is 5.92. The first kappa shape index (κ1) is 13.6. The highest BCUT2D eigenvalue weighted by Gasteiger charge is 2.38. The summed E-state index contributed by atoms with van der Waals surface area (Å²) in [5.41, 5.74) is 2.82. The van der Waals surface area contributed by atoms with Gasteiger partial charge in [-0.15, -0.1) is 0 Å². The van der Waals surface area contributed by atoms with Crippen LogP contribution in [0.3, 0.4) is 0 Å². The normalized spacial score (nSPS) is 19.9. The van der Waals surface area contributed by atoms with E-state index in [4.69, 9.17) is 0 Å². The van der Waals surface area contributed by atoms with Crippen molar-refractivity contribution in [1.29, 1.82) is 0 Å². The molecule has 1 heterocycles. The summed E-state index contributed by atoms with van der Waals surface area (Å²) in [6.07, 6.45) is 6.10. The fourth-order valence-corrected chi connectivity index (χ4v) is 2.86. The summed E-state index contributed by atoms with van der Waals surface area (Å²) in [4.78, 5) is 2.38. The van der Waals surface area contributed by atoms with Crippen LogP contribution in [0.15, 0.2) is 6.20 Å². The lowest BCUT2D eigenvalue weighted by Crippen LogP contribution is -2.56. The van der Waals surface area contributed by atoms with Crippen LogP contribution in [0.2, 0.25) is 0 Å². The van der Waals surface area contributed by atoms with E-state index in [2.05, 4.69) is 49.5 Å². The molecular weight excluding hydrogens is 224 g/mol. The van der Waals surface area contributed by atoms with Gasteiger partial charge in [0.1, 0.15) is 0 Å². The Morgan fingerprint density at radius 1 is 1.50 bits per heavy atom. The second kappa shape index (κ2) is 5.02. The van der Waals surface area contributed by atoms with Crippen molar-refractivity contribution in [3.63, 3.8) is 0 Å². The fourth-order valence-electron chi connectivity index (χ4n) is 2.86. The average Bonchev–Trinajstić information content (AvgIpc) is 2.55. The molecule has 0 spiro atoms. The predicted molar refractivity (Wildman–Crippen MR) is 74.6 cm³/mol. The molecule has 0 radical (unpaired) electrons. The van der Waals surface area contributed by atoms with E-state index in [1.54, 1.807) is 0 Å². The average molecular weight is 250 g/mol. The molecule has 1 N–H and O–H groups in total. The summed E-state index contributed by atoms with van der Waals surface area (Å²) in [6, 6.07) is 0.371. The summed E-state index contributed by atoms with van der Waals surface area (Å²) in [5, 5.41) is 8.09. The molecule has 1 saturated carbocycles. The molecule has 0 amide bonds. The standard InChI is InChI=1S/C14H26N4/c1-11(13-9-18(5)16-12(13)2)15-10-14(17(3)4)7-6-8-14/h9,11,15H,6-8,10H2,1-5H3. The maximum Gasteiger partial charge on any atom is 0.0641 e. The van der Waals surface area contributed by atoms with Gasteiger partial charge >= 0.3 is 0 Å². The molecule has 1 aliphatic carbocycles. The van der Waals surface area contributed by atoms with Crippen molar-refractivity contribution in [2.24, 2.45) is 7.05 Å². The van der Waals surface area contributed by atoms with Gasteiger partial charge in [-0.05, 0) is 47.2 Å². The van der Waals surface area contributed by atoms with Crippen LogP contribution in [0, 0.1) is 6.92 Å². The zero-order valence-electron chi connectivity index (χ0n) is 12.3. The number of likely N-dealkylation sites (N-methyl/N-ethyl adjacent to an activating group) is 1. The molecule has 1 aliphatic rings. The Morgan fingerprint density at radius 3 is 2.56 bits per heavy atom. The molecule has 0 bridgehead atoms. The van der Waals surface area contributed by atoms with Gasteiger partial charge in [0.15, 0.2) is 0 Å². The molecule has 1 atom stereocenters. The lowest BCUT2D eigenvalue weighted by atomic mass is 9.75. The Bertz CT molecular complexity index is 404. The van der Waals surface area contributed by atoms with Crippen molar-refractivity contribution in [2.45, 2.75) is 44.7 Å². The van der Waals surface area contributed by atoms with E-state index in [0.29, 0.717) is 11.6 Å². The lowest BCUT2D eigenvalue weighted by molar-refractivity contribution is 0.0576. The van der Waals surface area contributed by atoms with Gasteiger partial charge in [0.25, 0.3) is 0 Å². The SMILES string of the molecule is Cc1nn(C)cc1C(C)NCC1(N(C)C)CCC1. The molecule has 102 valence electrons. The van der Waals surface area contributed by atoms with E-state index in [-0.39, 0.29) is 0 Å². The smallest absolute Gasteiger partial charge is 0.0641 e. The first-order chi connectivity index (χ1) is 8.44. The van der Waals surface area contributed by atoms with E-state index in [0.717, 1.165) is 12.2 Å². The van der Waals surface area contributed by atoms with Crippen molar-refractivity contribution in [1.82, 2.24) is 20.0 Å². The molecular formula is C14H26N4. The Hall–Kier alpha value is -0.870. The highest BCUT2D eigenvalue weighted by Crippen LogP contribution is 2.36. The minimum absolute atomic E-state index is 0.371. The summed E-state index contributed by atoms with van der Waals surface area (Å²) < 4.78 is 1.90. The summed E-state index contributed by atoms with van der Waals surface area (Å²) >= 11 is 0. The number of hydrogen-bond donors (Lipinski definition) is 1. The van der Waals surface area contributed by atoms with Crippen molar-refractivity contribution in [2.75, 3.05) is 20.6 Å². The third-order valence-electron chi connectivity index (χ3n) is 4.49. The monoisotopic (exact) mass is 250 g/mol. The zero-order valence-corrected chi connectivity index (χ0v) is 12.3. The van der Waals surface area contributed by atoms with Gasteiger partial charge in [0.05, 0.1) is 5.69 Å². The summed E-state index contributed by atoms with van der Waals surface area (Å²) in [6.45, 7) is 5.38. The number of hydrogen-bond acceptors (Lipinski definition) is 3. The van der Waals surface area contributed by atoms with Gasteiger partial charge in [0, 0.05) is 36.9 Å². The molecule has 4 nitrogen and oxygen atoms in total. The Labute approximate surface area is 110 Å². The van der Waals surface area contributed by atoms with Crippen LogP contribution in [0.5, 0.6) is 0 Å². The van der Waals surface area contributed by atoms with E-state index in [1.807, 2.05) is 11.7 Å². The van der Waals surface area contributed by atoms with Crippen LogP contribution in [0.1, 0.15) is 43.5 Å². The number of aryl methyl sites for hydroxylation is 2. The Morgan fingerprint density at radius 2 is 2.17 bits per heavy atom. The van der Waals surface area contributed by atoms with Gasteiger partial charge < -0.3 is 10.2 Å². The number of nitrogens with zero attached hydrogens (tertiary/aromatic N) is 3. The van der Waals surface area contributed by atoms with Crippen LogP contribution >= 0.6 is 0 Å². The molecule has 1 fully saturated rings. The first-order valence-corrected chi connectivity index (χ1v) is 6.85. The van der Waals surface area contributed by atoms with Gasteiger partial charge in [0.2, 0.25) is 0 Å². The van der Waals surface area contributed by atoms with Crippen LogP contribution in [-0.2, 0) is 7.05 Å². The van der Waals surface area contributed by atoms with E-state index in [1.165, 1.54) is 24.8 Å². The quantitative estimate of drug-likeness (QED) is 0.866. The van der Waals surface area contributed by atoms with Crippen molar-refractivity contribution < 1.29 is 0 Å². The highest BCUT2D eigenvalue weighted by molar-refractivity contribution is 5.19. The Balaban J connectivity index is 1.96. The topological polar surface area (TPSA) is 33.1 Å². The minimum Gasteiger partial charge on any atom is -0.308 e. The lowest BCUT2D eigenvalue weighted by Gasteiger charge is -2.48. The third-order valence-corrected chi connectivity index (χ3v) is 4.49. The molecule has 2 rings (SSSR count). The van der Waals surface area contributed by atoms with Crippen LogP contribution in [0.4, 0.5) is 0 Å². The maximum absolute atomic E-state index is 4.41. The zero-order chi connectivity index (χ0) is 13.3.